The minimum atomic E-state index is 0.259. The maximum atomic E-state index is 8.39. The Bertz CT molecular complexity index is 340. The van der Waals surface area contributed by atoms with E-state index >= 15 is 0 Å². The van der Waals surface area contributed by atoms with Gasteiger partial charge in [-0.3, -0.25) is 0 Å². The summed E-state index contributed by atoms with van der Waals surface area (Å²) >= 11 is 0. The fourth-order valence-electron chi connectivity index (χ4n) is 1.29. The number of aryl methyl sites for hydroxylation is 1. The topological polar surface area (TPSA) is 45.0 Å². The maximum Gasteiger partial charge on any atom is 0.119 e. The lowest BCUT2D eigenvalue weighted by Gasteiger charge is -2.14. The maximum absolute atomic E-state index is 8.39. The van der Waals surface area contributed by atoms with Crippen LogP contribution < -0.4 is 10.1 Å². The smallest absolute Gasteiger partial charge is 0.119 e. The van der Waals surface area contributed by atoms with Crippen LogP contribution in [0.5, 0.6) is 5.75 Å². The Morgan fingerprint density at radius 1 is 1.38 bits per heavy atom. The molecule has 16 heavy (non-hydrogen) atoms. The highest BCUT2D eigenvalue weighted by Crippen LogP contribution is 2.11. The molecule has 1 aromatic carbocycles. The highest BCUT2D eigenvalue weighted by atomic mass is 16.5. The summed E-state index contributed by atoms with van der Waals surface area (Å²) in [4.78, 5) is 0. The van der Waals surface area contributed by atoms with Crippen molar-refractivity contribution in [2.24, 2.45) is 0 Å². The fourth-order valence-corrected chi connectivity index (χ4v) is 1.29. The third-order valence-electron chi connectivity index (χ3n) is 2.25. The SMILES string of the molecule is Cc1ccc(OCC(C)NCCC#N)cc1. The molecule has 0 aliphatic rings. The van der Waals surface area contributed by atoms with Gasteiger partial charge in [-0.1, -0.05) is 17.7 Å². The second kappa shape index (κ2) is 6.86. The Morgan fingerprint density at radius 2 is 2.06 bits per heavy atom. The normalized spacial score (nSPS) is 11.8. The van der Waals surface area contributed by atoms with E-state index in [1.165, 1.54) is 5.56 Å². The summed E-state index contributed by atoms with van der Waals surface area (Å²) in [5.41, 5.74) is 1.23. The van der Waals surface area contributed by atoms with Crippen molar-refractivity contribution in [1.29, 1.82) is 5.26 Å². The van der Waals surface area contributed by atoms with Crippen LogP contribution in [-0.2, 0) is 0 Å². The van der Waals surface area contributed by atoms with Crippen molar-refractivity contribution in [3.8, 4) is 11.8 Å². The van der Waals surface area contributed by atoms with Gasteiger partial charge in [-0.2, -0.15) is 5.26 Å². The number of hydrogen-bond acceptors (Lipinski definition) is 3. The summed E-state index contributed by atoms with van der Waals surface area (Å²) < 4.78 is 5.61. The quantitative estimate of drug-likeness (QED) is 0.745. The minimum Gasteiger partial charge on any atom is -0.492 e. The molecule has 3 heteroatoms. The van der Waals surface area contributed by atoms with Crippen LogP contribution >= 0.6 is 0 Å². The van der Waals surface area contributed by atoms with Crippen LogP contribution in [0.1, 0.15) is 18.9 Å². The fraction of sp³-hybridized carbons (Fsp3) is 0.462. The van der Waals surface area contributed by atoms with Gasteiger partial charge in [0, 0.05) is 19.0 Å². The molecule has 0 bridgehead atoms. The molecule has 0 aromatic heterocycles. The molecule has 3 nitrogen and oxygen atoms in total. The van der Waals surface area contributed by atoms with Crippen molar-refractivity contribution in [3.63, 3.8) is 0 Å². The second-order valence-corrected chi connectivity index (χ2v) is 3.89. The minimum absolute atomic E-state index is 0.259. The van der Waals surface area contributed by atoms with Crippen LogP contribution in [0.25, 0.3) is 0 Å². The van der Waals surface area contributed by atoms with Crippen LogP contribution in [0.3, 0.4) is 0 Å². The molecule has 0 aliphatic heterocycles. The molecular weight excluding hydrogens is 200 g/mol. The van der Waals surface area contributed by atoms with Crippen molar-refractivity contribution in [3.05, 3.63) is 29.8 Å². The zero-order chi connectivity index (χ0) is 11.8. The Labute approximate surface area is 97.0 Å². The van der Waals surface area contributed by atoms with Crippen LogP contribution in [0, 0.1) is 18.3 Å². The molecule has 0 amide bonds. The summed E-state index contributed by atoms with van der Waals surface area (Å²) in [6, 6.07) is 10.4. The summed E-state index contributed by atoms with van der Waals surface area (Å²) in [7, 11) is 0. The molecule has 0 saturated carbocycles. The first kappa shape index (κ1) is 12.5. The predicted octanol–water partition coefficient (Wildman–Crippen LogP) is 2.27. The third kappa shape index (κ3) is 4.81. The number of nitriles is 1. The number of hydrogen-bond donors (Lipinski definition) is 1. The zero-order valence-corrected chi connectivity index (χ0v) is 9.86. The van der Waals surface area contributed by atoms with Crippen molar-refractivity contribution < 1.29 is 4.74 Å². The van der Waals surface area contributed by atoms with Crippen LogP contribution in [0.4, 0.5) is 0 Å². The monoisotopic (exact) mass is 218 g/mol. The molecule has 1 unspecified atom stereocenters. The molecule has 1 rings (SSSR count). The van der Waals surface area contributed by atoms with E-state index in [4.69, 9.17) is 10.00 Å². The van der Waals surface area contributed by atoms with Crippen LogP contribution in [0.15, 0.2) is 24.3 Å². The number of ether oxygens (including phenoxy) is 1. The summed E-state index contributed by atoms with van der Waals surface area (Å²) in [5, 5.41) is 11.6. The lowest BCUT2D eigenvalue weighted by molar-refractivity contribution is 0.274. The molecule has 0 fully saturated rings. The predicted molar refractivity (Wildman–Crippen MR) is 64.4 cm³/mol. The van der Waals surface area contributed by atoms with E-state index in [1.54, 1.807) is 0 Å². The highest BCUT2D eigenvalue weighted by Gasteiger charge is 2.01. The summed E-state index contributed by atoms with van der Waals surface area (Å²) in [6.07, 6.45) is 0.537. The molecule has 0 radical (unpaired) electrons. The van der Waals surface area contributed by atoms with Crippen molar-refractivity contribution in [1.82, 2.24) is 5.32 Å². The summed E-state index contributed by atoms with van der Waals surface area (Å²) in [5.74, 6) is 0.888. The van der Waals surface area contributed by atoms with Crippen molar-refractivity contribution in [2.45, 2.75) is 26.3 Å². The number of nitrogens with one attached hydrogen (secondary N) is 1. The average Bonchev–Trinajstić information content (AvgIpc) is 2.29. The number of rotatable bonds is 6. The van der Waals surface area contributed by atoms with Gasteiger partial charge in [0.15, 0.2) is 0 Å². The van der Waals surface area contributed by atoms with E-state index in [2.05, 4.69) is 18.3 Å². The highest BCUT2D eigenvalue weighted by molar-refractivity contribution is 5.26. The van der Waals surface area contributed by atoms with E-state index in [9.17, 15) is 0 Å². The van der Waals surface area contributed by atoms with Gasteiger partial charge in [-0.05, 0) is 26.0 Å². The van der Waals surface area contributed by atoms with Gasteiger partial charge in [-0.15, -0.1) is 0 Å². The lowest BCUT2D eigenvalue weighted by Crippen LogP contribution is -2.32. The average molecular weight is 218 g/mol. The number of benzene rings is 1. The van der Waals surface area contributed by atoms with Gasteiger partial charge < -0.3 is 10.1 Å². The van der Waals surface area contributed by atoms with Crippen LogP contribution in [-0.4, -0.2) is 19.2 Å². The van der Waals surface area contributed by atoms with E-state index in [-0.39, 0.29) is 6.04 Å². The molecule has 1 atom stereocenters. The van der Waals surface area contributed by atoms with E-state index in [1.807, 2.05) is 31.2 Å². The standard InChI is InChI=1S/C13H18N2O/c1-11-4-6-13(7-5-11)16-10-12(2)15-9-3-8-14/h4-7,12,15H,3,9-10H2,1-2H3. The van der Waals surface area contributed by atoms with Gasteiger partial charge >= 0.3 is 0 Å². The van der Waals surface area contributed by atoms with Gasteiger partial charge in [0.2, 0.25) is 0 Å². The Hall–Kier alpha value is -1.53. The molecule has 86 valence electrons. The van der Waals surface area contributed by atoms with Gasteiger partial charge in [0.25, 0.3) is 0 Å². The van der Waals surface area contributed by atoms with Crippen LogP contribution in [0.2, 0.25) is 0 Å². The summed E-state index contributed by atoms with van der Waals surface area (Å²) in [6.45, 7) is 5.44. The Morgan fingerprint density at radius 3 is 2.69 bits per heavy atom. The van der Waals surface area contributed by atoms with Gasteiger partial charge in [-0.25, -0.2) is 0 Å². The molecule has 0 heterocycles. The van der Waals surface area contributed by atoms with E-state index in [0.29, 0.717) is 13.0 Å². The Balaban J connectivity index is 2.23. The van der Waals surface area contributed by atoms with Crippen molar-refractivity contribution >= 4 is 0 Å². The first-order valence-electron chi connectivity index (χ1n) is 5.52. The number of nitrogens with zero attached hydrogens (tertiary/aromatic N) is 1. The first-order chi connectivity index (χ1) is 7.72. The van der Waals surface area contributed by atoms with Gasteiger partial charge in [0.1, 0.15) is 12.4 Å². The lowest BCUT2D eigenvalue weighted by atomic mass is 10.2. The largest absolute Gasteiger partial charge is 0.492 e. The molecule has 1 aromatic rings. The third-order valence-corrected chi connectivity index (χ3v) is 2.25. The van der Waals surface area contributed by atoms with Gasteiger partial charge in [0.05, 0.1) is 6.07 Å². The molecule has 0 spiro atoms. The Kier molecular flexibility index (Phi) is 5.38. The molecule has 0 aliphatic carbocycles. The molecule has 0 saturated heterocycles. The zero-order valence-electron chi connectivity index (χ0n) is 9.86. The molecular formula is C13H18N2O. The van der Waals surface area contributed by atoms with E-state index in [0.717, 1.165) is 12.3 Å². The second-order valence-electron chi connectivity index (χ2n) is 3.89. The molecule has 1 N–H and O–H groups in total. The first-order valence-corrected chi connectivity index (χ1v) is 5.52. The van der Waals surface area contributed by atoms with Crippen molar-refractivity contribution in [2.75, 3.05) is 13.2 Å². The van der Waals surface area contributed by atoms with E-state index < -0.39 is 0 Å².